The third-order valence-electron chi connectivity index (χ3n) is 2.99. The molecule has 0 bridgehead atoms. The average Bonchev–Trinajstić information content (AvgIpc) is 3.07. The highest BCUT2D eigenvalue weighted by molar-refractivity contribution is 6.28. The topological polar surface area (TPSA) is 30.7 Å². The number of nitrogens with zero attached hydrogens (tertiary/aromatic N) is 3. The Morgan fingerprint density at radius 3 is 2.76 bits per heavy atom. The Hall–Kier alpha value is -1.42. The molecule has 1 aliphatic rings. The number of aromatic nitrogens is 3. The molecule has 1 aromatic carbocycles. The van der Waals surface area contributed by atoms with E-state index in [1.165, 1.54) is 6.07 Å². The van der Waals surface area contributed by atoms with Crippen LogP contribution < -0.4 is 0 Å². The molecule has 0 spiro atoms. The lowest BCUT2D eigenvalue weighted by Crippen LogP contribution is -2.01. The highest BCUT2D eigenvalue weighted by Crippen LogP contribution is 2.40. The molecule has 1 fully saturated rings. The highest BCUT2D eigenvalue weighted by Gasteiger charge is 2.30. The minimum absolute atomic E-state index is 0.217. The Labute approximate surface area is 103 Å². The molecule has 88 valence electrons. The van der Waals surface area contributed by atoms with Crippen LogP contribution in [0.25, 0.3) is 5.69 Å². The summed E-state index contributed by atoms with van der Waals surface area (Å²) in [5.41, 5.74) is 1.41. The van der Waals surface area contributed by atoms with Gasteiger partial charge >= 0.3 is 0 Å². The zero-order valence-corrected chi connectivity index (χ0v) is 10.1. The molecule has 1 heterocycles. The zero-order valence-electron chi connectivity index (χ0n) is 9.32. The molecule has 0 radical (unpaired) electrons. The molecular formula is C12H11ClFN3. The van der Waals surface area contributed by atoms with E-state index in [0.717, 1.165) is 24.4 Å². The molecule has 0 saturated heterocycles. The Balaban J connectivity index is 2.13. The molecule has 2 aromatic rings. The molecule has 0 amide bonds. The monoisotopic (exact) mass is 251 g/mol. The molecular weight excluding hydrogens is 241 g/mol. The normalized spacial score (nSPS) is 15.2. The van der Waals surface area contributed by atoms with Gasteiger partial charge in [-0.15, -0.1) is 10.2 Å². The molecule has 0 N–H and O–H groups in total. The fourth-order valence-electron chi connectivity index (χ4n) is 1.89. The Morgan fingerprint density at radius 1 is 1.35 bits per heavy atom. The fourth-order valence-corrected chi connectivity index (χ4v) is 2.11. The van der Waals surface area contributed by atoms with Gasteiger partial charge in [-0.3, -0.25) is 4.57 Å². The first-order chi connectivity index (χ1) is 8.16. The molecule has 0 aliphatic heterocycles. The average molecular weight is 252 g/mol. The first-order valence-electron chi connectivity index (χ1n) is 5.54. The van der Waals surface area contributed by atoms with Gasteiger partial charge in [0.25, 0.3) is 0 Å². The third kappa shape index (κ3) is 1.82. The number of aryl methyl sites for hydroxylation is 1. The summed E-state index contributed by atoms with van der Waals surface area (Å²) in [6.45, 7) is 1.73. The maximum absolute atomic E-state index is 13.2. The van der Waals surface area contributed by atoms with Gasteiger partial charge in [-0.05, 0) is 55.1 Å². The Bertz CT molecular complexity index is 575. The van der Waals surface area contributed by atoms with Gasteiger partial charge in [0.2, 0.25) is 5.28 Å². The van der Waals surface area contributed by atoms with E-state index in [4.69, 9.17) is 11.6 Å². The maximum Gasteiger partial charge on any atom is 0.229 e. The second-order valence-electron chi connectivity index (χ2n) is 4.37. The number of rotatable bonds is 2. The number of benzene rings is 1. The molecule has 3 rings (SSSR count). The third-order valence-corrected chi connectivity index (χ3v) is 3.24. The van der Waals surface area contributed by atoms with Crippen LogP contribution in [0, 0.1) is 12.7 Å². The van der Waals surface area contributed by atoms with E-state index < -0.39 is 0 Å². The van der Waals surface area contributed by atoms with Gasteiger partial charge in [0.1, 0.15) is 11.6 Å². The van der Waals surface area contributed by atoms with E-state index in [1.807, 2.05) is 0 Å². The summed E-state index contributed by atoms with van der Waals surface area (Å²) in [7, 11) is 0. The van der Waals surface area contributed by atoms with E-state index in [0.29, 0.717) is 16.8 Å². The van der Waals surface area contributed by atoms with Crippen LogP contribution in [0.2, 0.25) is 5.28 Å². The summed E-state index contributed by atoms with van der Waals surface area (Å²) in [6.07, 6.45) is 2.24. The Morgan fingerprint density at radius 2 is 2.12 bits per heavy atom. The lowest BCUT2D eigenvalue weighted by Gasteiger charge is -2.08. The van der Waals surface area contributed by atoms with Crippen molar-refractivity contribution in [1.82, 2.24) is 14.8 Å². The van der Waals surface area contributed by atoms with Crippen molar-refractivity contribution in [3.8, 4) is 5.69 Å². The Kier molecular flexibility index (Phi) is 2.40. The SMILES string of the molecule is Cc1cc(-n2c(Cl)nnc2C2CC2)ccc1F. The van der Waals surface area contributed by atoms with Crippen molar-refractivity contribution in [3.05, 3.63) is 40.7 Å². The predicted octanol–water partition coefficient (Wildman–Crippen LogP) is 3.25. The van der Waals surface area contributed by atoms with Crippen LogP contribution in [-0.2, 0) is 0 Å². The van der Waals surface area contributed by atoms with Gasteiger partial charge < -0.3 is 0 Å². The van der Waals surface area contributed by atoms with Crippen molar-refractivity contribution < 1.29 is 4.39 Å². The van der Waals surface area contributed by atoms with E-state index in [-0.39, 0.29) is 5.82 Å². The summed E-state index contributed by atoms with van der Waals surface area (Å²) in [4.78, 5) is 0. The fraction of sp³-hybridized carbons (Fsp3) is 0.333. The summed E-state index contributed by atoms with van der Waals surface area (Å²) < 4.78 is 15.0. The molecule has 5 heteroatoms. The van der Waals surface area contributed by atoms with Crippen molar-refractivity contribution in [1.29, 1.82) is 0 Å². The summed E-state index contributed by atoms with van der Waals surface area (Å²) >= 11 is 6.04. The van der Waals surface area contributed by atoms with Crippen LogP contribution in [0.5, 0.6) is 0 Å². The maximum atomic E-state index is 13.2. The van der Waals surface area contributed by atoms with Crippen LogP contribution >= 0.6 is 11.6 Å². The smallest absolute Gasteiger partial charge is 0.229 e. The largest absolute Gasteiger partial charge is 0.270 e. The van der Waals surface area contributed by atoms with Crippen molar-refractivity contribution in [2.75, 3.05) is 0 Å². The molecule has 1 aromatic heterocycles. The molecule has 1 saturated carbocycles. The number of hydrogen-bond donors (Lipinski definition) is 0. The molecule has 3 nitrogen and oxygen atoms in total. The van der Waals surface area contributed by atoms with Crippen molar-refractivity contribution in [2.45, 2.75) is 25.7 Å². The van der Waals surface area contributed by atoms with Gasteiger partial charge in [0.05, 0.1) is 5.69 Å². The molecule has 1 aliphatic carbocycles. The highest BCUT2D eigenvalue weighted by atomic mass is 35.5. The van der Waals surface area contributed by atoms with Gasteiger partial charge in [-0.1, -0.05) is 0 Å². The van der Waals surface area contributed by atoms with E-state index in [1.54, 1.807) is 23.6 Å². The van der Waals surface area contributed by atoms with Crippen molar-refractivity contribution in [3.63, 3.8) is 0 Å². The second kappa shape index (κ2) is 3.81. The van der Waals surface area contributed by atoms with Crippen LogP contribution in [0.3, 0.4) is 0 Å². The molecule has 17 heavy (non-hydrogen) atoms. The minimum atomic E-state index is -0.217. The lowest BCUT2D eigenvalue weighted by atomic mass is 10.2. The standard InChI is InChI=1S/C12H11ClFN3/c1-7-6-9(4-5-10(7)14)17-11(8-2-3-8)15-16-12(17)13/h4-6,8H,2-3H2,1H3. The van der Waals surface area contributed by atoms with Crippen LogP contribution in [0.4, 0.5) is 4.39 Å². The van der Waals surface area contributed by atoms with Gasteiger partial charge in [0.15, 0.2) is 0 Å². The molecule has 0 atom stereocenters. The van der Waals surface area contributed by atoms with Crippen LogP contribution in [-0.4, -0.2) is 14.8 Å². The van der Waals surface area contributed by atoms with Crippen molar-refractivity contribution in [2.24, 2.45) is 0 Å². The predicted molar refractivity (Wildman–Crippen MR) is 63.0 cm³/mol. The van der Waals surface area contributed by atoms with Crippen LogP contribution in [0.15, 0.2) is 18.2 Å². The van der Waals surface area contributed by atoms with Crippen molar-refractivity contribution >= 4 is 11.6 Å². The lowest BCUT2D eigenvalue weighted by molar-refractivity contribution is 0.618. The number of hydrogen-bond acceptors (Lipinski definition) is 2. The summed E-state index contributed by atoms with van der Waals surface area (Å²) in [5.74, 6) is 1.10. The van der Waals surface area contributed by atoms with Gasteiger partial charge in [-0.25, -0.2) is 4.39 Å². The first kappa shape index (κ1) is 10.7. The van der Waals surface area contributed by atoms with Gasteiger partial charge in [-0.2, -0.15) is 0 Å². The van der Waals surface area contributed by atoms with E-state index in [2.05, 4.69) is 10.2 Å². The summed E-state index contributed by atoms with van der Waals surface area (Å²) in [5, 5.41) is 8.32. The van der Waals surface area contributed by atoms with Gasteiger partial charge in [0, 0.05) is 5.92 Å². The van der Waals surface area contributed by atoms with E-state index in [9.17, 15) is 4.39 Å². The second-order valence-corrected chi connectivity index (χ2v) is 4.71. The molecule has 0 unspecified atom stereocenters. The zero-order chi connectivity index (χ0) is 12.0. The summed E-state index contributed by atoms with van der Waals surface area (Å²) in [6, 6.07) is 4.90. The quantitative estimate of drug-likeness (QED) is 0.820. The first-order valence-corrected chi connectivity index (χ1v) is 5.92. The van der Waals surface area contributed by atoms with E-state index >= 15 is 0 Å². The van der Waals surface area contributed by atoms with Crippen LogP contribution in [0.1, 0.15) is 30.1 Å². The number of halogens is 2. The minimum Gasteiger partial charge on any atom is -0.270 e.